The van der Waals surface area contributed by atoms with Crippen molar-refractivity contribution >= 4 is 21.2 Å². The topological polar surface area (TPSA) is 68.3 Å². The second-order valence-corrected chi connectivity index (χ2v) is 10.1. The van der Waals surface area contributed by atoms with Crippen molar-refractivity contribution in [1.29, 1.82) is 0 Å². The fourth-order valence-corrected chi connectivity index (χ4v) is 5.87. The number of nitrogens with one attached hydrogen (secondary N) is 1. The molecule has 2 aromatic heterocycles. The first-order valence-corrected chi connectivity index (χ1v) is 11.4. The van der Waals surface area contributed by atoms with E-state index in [-0.39, 0.29) is 11.4 Å². The molecule has 4 rings (SSSR count). The molecule has 4 heterocycles. The zero-order valence-corrected chi connectivity index (χ0v) is 15.9. The van der Waals surface area contributed by atoms with Gasteiger partial charge in [-0.25, -0.2) is 8.42 Å². The highest BCUT2D eigenvalue weighted by atomic mass is 32.2. The van der Waals surface area contributed by atoms with E-state index in [4.69, 9.17) is 4.74 Å². The van der Waals surface area contributed by atoms with Crippen LogP contribution in [-0.4, -0.2) is 39.4 Å². The van der Waals surface area contributed by atoms with Crippen LogP contribution in [0.25, 0.3) is 10.6 Å². The van der Waals surface area contributed by atoms with Crippen LogP contribution in [0, 0.1) is 0 Å². The van der Waals surface area contributed by atoms with Gasteiger partial charge in [0.2, 0.25) is 0 Å². The van der Waals surface area contributed by atoms with Gasteiger partial charge in [0.25, 0.3) is 0 Å². The molecule has 2 aliphatic rings. The maximum atomic E-state index is 11.4. The highest BCUT2D eigenvalue weighted by Gasteiger charge is 2.40. The zero-order valence-electron chi connectivity index (χ0n) is 14.2. The second kappa shape index (κ2) is 6.46. The van der Waals surface area contributed by atoms with Gasteiger partial charge in [-0.15, -0.1) is 11.3 Å². The molecule has 1 spiro atoms. The number of fused-ring (bicyclic) bond motifs is 2. The van der Waals surface area contributed by atoms with Gasteiger partial charge >= 0.3 is 0 Å². The van der Waals surface area contributed by atoms with Gasteiger partial charge in [0.05, 0.1) is 22.9 Å². The van der Waals surface area contributed by atoms with Crippen LogP contribution in [0.2, 0.25) is 0 Å². The lowest BCUT2D eigenvalue weighted by Crippen LogP contribution is -2.43. The maximum Gasteiger partial charge on any atom is 0.151 e. The Kier molecular flexibility index (Phi) is 4.43. The molecule has 7 heteroatoms. The van der Waals surface area contributed by atoms with Crippen molar-refractivity contribution in [2.24, 2.45) is 0 Å². The fraction of sp³-hybridized carbons (Fsp3) is 0.500. The number of piperidine rings is 1. The predicted octanol–water partition coefficient (Wildman–Crippen LogP) is 2.51. The summed E-state index contributed by atoms with van der Waals surface area (Å²) in [5, 5.41) is 3.41. The third-order valence-electron chi connectivity index (χ3n) is 4.89. The molecular weight excluding hydrogens is 356 g/mol. The molecule has 1 saturated heterocycles. The van der Waals surface area contributed by atoms with Crippen LogP contribution in [0.5, 0.6) is 0 Å². The lowest BCUT2D eigenvalue weighted by Gasteiger charge is -2.40. The van der Waals surface area contributed by atoms with Gasteiger partial charge in [0, 0.05) is 17.3 Å². The third-order valence-corrected chi connectivity index (χ3v) is 7.13. The Morgan fingerprint density at radius 2 is 2.12 bits per heavy atom. The van der Waals surface area contributed by atoms with E-state index in [1.165, 1.54) is 16.7 Å². The van der Waals surface area contributed by atoms with E-state index >= 15 is 0 Å². The number of nitrogens with zero attached hydrogens (tertiary/aromatic N) is 1. The summed E-state index contributed by atoms with van der Waals surface area (Å²) in [5.74, 6) is 0.0329. The molecule has 1 fully saturated rings. The summed E-state index contributed by atoms with van der Waals surface area (Å²) in [6.07, 6.45) is 5.90. The van der Waals surface area contributed by atoms with Gasteiger partial charge in [-0.1, -0.05) is 6.07 Å². The number of rotatable bonds is 3. The molecule has 0 bridgehead atoms. The Labute approximate surface area is 152 Å². The average Bonchev–Trinajstić information content (AvgIpc) is 3.01. The summed E-state index contributed by atoms with van der Waals surface area (Å²) in [6, 6.07) is 6.03. The largest absolute Gasteiger partial charge is 0.369 e. The number of thiophene rings is 1. The van der Waals surface area contributed by atoms with Crippen LogP contribution in [0.3, 0.4) is 0 Å². The van der Waals surface area contributed by atoms with E-state index in [2.05, 4.69) is 16.4 Å². The highest BCUT2D eigenvalue weighted by molar-refractivity contribution is 7.89. The summed E-state index contributed by atoms with van der Waals surface area (Å²) >= 11 is 1.78. The summed E-state index contributed by atoms with van der Waals surface area (Å²) in [5.41, 5.74) is 2.89. The fourth-order valence-electron chi connectivity index (χ4n) is 3.71. The average molecular weight is 379 g/mol. The lowest BCUT2D eigenvalue weighted by molar-refractivity contribution is -0.0771. The van der Waals surface area contributed by atoms with Crippen LogP contribution in [-0.2, 0) is 32.3 Å². The normalized spacial score (nSPS) is 19.7. The minimum absolute atomic E-state index is 0.0329. The van der Waals surface area contributed by atoms with Crippen LogP contribution in [0.15, 0.2) is 24.4 Å². The molecule has 0 unspecified atom stereocenters. The Bertz CT molecular complexity index is 866. The van der Waals surface area contributed by atoms with Gasteiger partial charge in [0.1, 0.15) is 5.60 Å². The summed E-state index contributed by atoms with van der Waals surface area (Å²) in [4.78, 5) is 7.00. The molecule has 0 aromatic carbocycles. The first kappa shape index (κ1) is 17.1. The van der Waals surface area contributed by atoms with Gasteiger partial charge in [-0.3, -0.25) is 4.98 Å². The molecule has 5 nitrogen and oxygen atoms in total. The van der Waals surface area contributed by atoms with E-state index in [9.17, 15) is 8.42 Å². The summed E-state index contributed by atoms with van der Waals surface area (Å²) in [7, 11) is -3.04. The Morgan fingerprint density at radius 3 is 2.80 bits per heavy atom. The standard InChI is InChI=1S/C18H22N2O3S2/c1-25(21,22)12-13-2-3-15(20-11-13)16-10-14-4-9-23-18(17(14)24-16)5-7-19-8-6-18/h2-3,10-11,19H,4-9,12H2,1H3. The molecule has 0 aliphatic carbocycles. The maximum absolute atomic E-state index is 11.4. The van der Waals surface area contributed by atoms with E-state index in [1.54, 1.807) is 17.5 Å². The van der Waals surface area contributed by atoms with Crippen molar-refractivity contribution < 1.29 is 13.2 Å². The van der Waals surface area contributed by atoms with Crippen molar-refractivity contribution in [3.8, 4) is 10.6 Å². The molecule has 0 saturated carbocycles. The Morgan fingerprint density at radius 1 is 1.32 bits per heavy atom. The number of hydrogen-bond acceptors (Lipinski definition) is 6. The third kappa shape index (κ3) is 3.51. The molecule has 2 aliphatic heterocycles. The number of ether oxygens (including phenoxy) is 1. The van der Waals surface area contributed by atoms with Crippen LogP contribution < -0.4 is 5.32 Å². The summed E-state index contributed by atoms with van der Waals surface area (Å²) in [6.45, 7) is 2.76. The minimum Gasteiger partial charge on any atom is -0.369 e. The van der Waals surface area contributed by atoms with E-state index in [1.807, 2.05) is 12.1 Å². The first-order valence-electron chi connectivity index (χ1n) is 8.56. The molecule has 0 amide bonds. The molecule has 0 radical (unpaired) electrons. The van der Waals surface area contributed by atoms with Crippen molar-refractivity contribution in [2.45, 2.75) is 30.6 Å². The van der Waals surface area contributed by atoms with Gasteiger partial charge in [-0.05, 0) is 55.6 Å². The van der Waals surface area contributed by atoms with E-state index < -0.39 is 9.84 Å². The second-order valence-electron chi connectivity index (χ2n) is 6.93. The zero-order chi connectivity index (χ0) is 17.5. The SMILES string of the molecule is CS(=O)(=O)Cc1ccc(-c2cc3c(s2)C2(CCNCC2)OCC3)nc1. The lowest BCUT2D eigenvalue weighted by atomic mass is 9.86. The molecule has 134 valence electrons. The molecule has 1 N–H and O–H groups in total. The smallest absolute Gasteiger partial charge is 0.151 e. The molecular formula is C18H22N2O3S2. The summed E-state index contributed by atoms with van der Waals surface area (Å²) < 4.78 is 29.1. The Balaban J connectivity index is 1.64. The van der Waals surface area contributed by atoms with E-state index in [0.717, 1.165) is 55.1 Å². The van der Waals surface area contributed by atoms with Gasteiger partial charge in [-0.2, -0.15) is 0 Å². The number of hydrogen-bond donors (Lipinski definition) is 1. The van der Waals surface area contributed by atoms with Crippen molar-refractivity contribution in [3.05, 3.63) is 40.4 Å². The van der Waals surface area contributed by atoms with E-state index in [0.29, 0.717) is 0 Å². The monoisotopic (exact) mass is 378 g/mol. The van der Waals surface area contributed by atoms with Crippen LogP contribution >= 0.6 is 11.3 Å². The van der Waals surface area contributed by atoms with Crippen LogP contribution in [0.4, 0.5) is 0 Å². The number of pyridine rings is 1. The van der Waals surface area contributed by atoms with Crippen molar-refractivity contribution in [3.63, 3.8) is 0 Å². The van der Waals surface area contributed by atoms with Crippen LogP contribution in [0.1, 0.15) is 28.8 Å². The van der Waals surface area contributed by atoms with Crippen molar-refractivity contribution in [1.82, 2.24) is 10.3 Å². The molecule has 25 heavy (non-hydrogen) atoms. The Hall–Kier alpha value is -1.28. The minimum atomic E-state index is -3.04. The highest BCUT2D eigenvalue weighted by Crippen LogP contribution is 2.46. The molecule has 0 atom stereocenters. The number of aromatic nitrogens is 1. The van der Waals surface area contributed by atoms with Gasteiger partial charge < -0.3 is 10.1 Å². The number of sulfone groups is 1. The predicted molar refractivity (Wildman–Crippen MR) is 99.5 cm³/mol. The first-order chi connectivity index (χ1) is 12.0. The molecule has 2 aromatic rings. The quantitative estimate of drug-likeness (QED) is 0.889. The van der Waals surface area contributed by atoms with Gasteiger partial charge in [0.15, 0.2) is 9.84 Å². The van der Waals surface area contributed by atoms with Crippen molar-refractivity contribution in [2.75, 3.05) is 26.0 Å².